The van der Waals surface area contributed by atoms with Crippen molar-refractivity contribution in [2.45, 2.75) is 75.0 Å². The van der Waals surface area contributed by atoms with Crippen LogP contribution in [0.15, 0.2) is 8.73 Å². The molecule has 0 aromatic carbocycles. The number of nitrogens with zero attached hydrogens (tertiary/aromatic N) is 3. The van der Waals surface area contributed by atoms with E-state index in [9.17, 15) is 9.59 Å². The summed E-state index contributed by atoms with van der Waals surface area (Å²) < 4.78 is 6.49. The Hall–Kier alpha value is -1.94. The van der Waals surface area contributed by atoms with Crippen molar-refractivity contribution in [3.8, 4) is 0 Å². The molecule has 158 valence electrons. The number of carbonyl (C=O) groups excluding carboxylic acids is 2. The van der Waals surface area contributed by atoms with Gasteiger partial charge < -0.3 is 15.2 Å². The number of aryl methyl sites for hydroxylation is 2. The summed E-state index contributed by atoms with van der Waals surface area (Å²) in [7, 11) is 0. The number of anilines is 1. The van der Waals surface area contributed by atoms with E-state index >= 15 is 0 Å². The van der Waals surface area contributed by atoms with Crippen molar-refractivity contribution in [2.75, 3.05) is 11.6 Å². The van der Waals surface area contributed by atoms with Gasteiger partial charge in [-0.2, -0.15) is 4.98 Å². The SMILES string of the molecule is CSc1sc(NC(=O)CCc2nc(C3(NC(C)=O)CCCCCC3)no2)nc1C. The molecule has 29 heavy (non-hydrogen) atoms. The summed E-state index contributed by atoms with van der Waals surface area (Å²) in [5.41, 5.74) is 0.352. The molecular formula is C19H27N5O3S2. The summed E-state index contributed by atoms with van der Waals surface area (Å²) in [6.07, 6.45) is 8.45. The first-order valence-corrected chi connectivity index (χ1v) is 11.9. The van der Waals surface area contributed by atoms with Crippen LogP contribution in [-0.2, 0) is 21.5 Å². The van der Waals surface area contributed by atoms with Crippen LogP contribution in [0.25, 0.3) is 0 Å². The number of hydrogen-bond donors (Lipinski definition) is 2. The second kappa shape index (κ2) is 9.71. The lowest BCUT2D eigenvalue weighted by Gasteiger charge is -2.30. The van der Waals surface area contributed by atoms with Crippen LogP contribution in [0.4, 0.5) is 5.13 Å². The minimum absolute atomic E-state index is 0.0963. The van der Waals surface area contributed by atoms with E-state index in [0.29, 0.717) is 23.3 Å². The lowest BCUT2D eigenvalue weighted by atomic mass is 9.89. The fourth-order valence-electron chi connectivity index (χ4n) is 3.65. The van der Waals surface area contributed by atoms with Gasteiger partial charge in [0.25, 0.3) is 0 Å². The van der Waals surface area contributed by atoms with E-state index in [0.717, 1.165) is 48.4 Å². The van der Waals surface area contributed by atoms with Crippen LogP contribution >= 0.6 is 23.1 Å². The van der Waals surface area contributed by atoms with Crippen LogP contribution in [0, 0.1) is 6.92 Å². The molecule has 0 unspecified atom stereocenters. The van der Waals surface area contributed by atoms with Gasteiger partial charge in [-0.1, -0.05) is 42.2 Å². The predicted octanol–water partition coefficient (Wildman–Crippen LogP) is 3.81. The third-order valence-corrected chi connectivity index (χ3v) is 7.30. The molecule has 0 saturated heterocycles. The van der Waals surface area contributed by atoms with Gasteiger partial charge in [0.1, 0.15) is 5.54 Å². The van der Waals surface area contributed by atoms with Gasteiger partial charge in [-0.25, -0.2) is 4.98 Å². The summed E-state index contributed by atoms with van der Waals surface area (Å²) in [5.74, 6) is 0.688. The smallest absolute Gasteiger partial charge is 0.227 e. The molecule has 0 radical (unpaired) electrons. The first-order chi connectivity index (χ1) is 13.9. The largest absolute Gasteiger partial charge is 0.343 e. The minimum Gasteiger partial charge on any atom is -0.343 e. The predicted molar refractivity (Wildman–Crippen MR) is 113 cm³/mol. The number of thiazole rings is 1. The fourth-order valence-corrected chi connectivity index (χ4v) is 5.28. The van der Waals surface area contributed by atoms with E-state index in [1.54, 1.807) is 11.8 Å². The maximum Gasteiger partial charge on any atom is 0.227 e. The molecule has 1 aliphatic rings. The Labute approximate surface area is 178 Å². The zero-order chi connectivity index (χ0) is 20.9. The molecule has 0 bridgehead atoms. The first-order valence-electron chi connectivity index (χ1n) is 9.85. The van der Waals surface area contributed by atoms with E-state index in [-0.39, 0.29) is 18.2 Å². The molecule has 8 nitrogen and oxygen atoms in total. The second-order valence-electron chi connectivity index (χ2n) is 7.33. The quantitative estimate of drug-likeness (QED) is 0.500. The van der Waals surface area contributed by atoms with Crippen molar-refractivity contribution in [3.63, 3.8) is 0 Å². The highest BCUT2D eigenvalue weighted by molar-refractivity contribution is 8.00. The van der Waals surface area contributed by atoms with Crippen molar-refractivity contribution in [1.29, 1.82) is 0 Å². The molecule has 2 heterocycles. The average Bonchev–Trinajstić information content (AvgIpc) is 3.21. The highest BCUT2D eigenvalue weighted by Gasteiger charge is 2.38. The van der Waals surface area contributed by atoms with Crippen LogP contribution in [0.5, 0.6) is 0 Å². The number of amides is 2. The molecule has 2 aromatic heterocycles. The van der Waals surface area contributed by atoms with Crippen molar-refractivity contribution in [3.05, 3.63) is 17.4 Å². The van der Waals surface area contributed by atoms with E-state index < -0.39 is 5.54 Å². The number of thioether (sulfide) groups is 1. The molecule has 2 amide bonds. The van der Waals surface area contributed by atoms with Crippen molar-refractivity contribution >= 4 is 40.0 Å². The molecule has 0 spiro atoms. The standard InChI is InChI=1S/C19H27N5O3S2/c1-12-16(28-3)29-18(20-12)21-14(26)8-9-15-22-17(24-27-15)19(23-13(2)25)10-6-4-5-7-11-19/h4-11H2,1-3H3,(H,23,25)(H,20,21,26). The first kappa shape index (κ1) is 21.8. The van der Waals surface area contributed by atoms with E-state index in [1.807, 2.05) is 13.2 Å². The van der Waals surface area contributed by atoms with Gasteiger partial charge >= 0.3 is 0 Å². The second-order valence-corrected chi connectivity index (χ2v) is 9.41. The summed E-state index contributed by atoms with van der Waals surface area (Å²) in [6.45, 7) is 3.44. The van der Waals surface area contributed by atoms with Crippen LogP contribution in [0.2, 0.25) is 0 Å². The van der Waals surface area contributed by atoms with E-state index in [1.165, 1.54) is 18.3 Å². The number of nitrogens with one attached hydrogen (secondary N) is 2. The molecule has 0 atom stereocenters. The Morgan fingerprint density at radius 3 is 2.55 bits per heavy atom. The third-order valence-electron chi connectivity index (χ3n) is 5.02. The van der Waals surface area contributed by atoms with Crippen molar-refractivity contribution in [2.24, 2.45) is 0 Å². The summed E-state index contributed by atoms with van der Waals surface area (Å²) in [4.78, 5) is 32.9. The highest BCUT2D eigenvalue weighted by Crippen LogP contribution is 2.35. The zero-order valence-electron chi connectivity index (χ0n) is 17.0. The van der Waals surface area contributed by atoms with Gasteiger partial charge in [0.05, 0.1) is 9.90 Å². The Bertz CT molecular complexity index is 856. The molecule has 1 fully saturated rings. The van der Waals surface area contributed by atoms with Crippen LogP contribution in [0.1, 0.15) is 69.3 Å². The Kier molecular flexibility index (Phi) is 7.28. The van der Waals surface area contributed by atoms with Crippen LogP contribution in [-0.4, -0.2) is 33.2 Å². The molecule has 0 aliphatic heterocycles. The normalized spacial score (nSPS) is 16.2. The maximum atomic E-state index is 12.3. The average molecular weight is 438 g/mol. The number of hydrogen-bond acceptors (Lipinski definition) is 8. The van der Waals surface area contributed by atoms with Gasteiger partial charge in [0.15, 0.2) is 11.0 Å². The Balaban J connectivity index is 1.62. The number of aromatic nitrogens is 3. The lowest BCUT2D eigenvalue weighted by molar-refractivity contribution is -0.121. The van der Waals surface area contributed by atoms with Gasteiger partial charge in [-0.15, -0.1) is 11.8 Å². The molecule has 1 saturated carbocycles. The minimum atomic E-state index is -0.570. The summed E-state index contributed by atoms with van der Waals surface area (Å²) >= 11 is 3.08. The summed E-state index contributed by atoms with van der Waals surface area (Å²) in [5, 5.41) is 10.6. The van der Waals surface area contributed by atoms with Crippen LogP contribution < -0.4 is 10.6 Å². The maximum absolute atomic E-state index is 12.3. The van der Waals surface area contributed by atoms with Crippen molar-refractivity contribution < 1.29 is 14.1 Å². The van der Waals surface area contributed by atoms with Crippen LogP contribution in [0.3, 0.4) is 0 Å². The van der Waals surface area contributed by atoms with E-state index in [2.05, 4.69) is 25.8 Å². The van der Waals surface area contributed by atoms with Gasteiger partial charge in [-0.05, 0) is 26.0 Å². The van der Waals surface area contributed by atoms with Gasteiger partial charge in [0.2, 0.25) is 17.7 Å². The van der Waals surface area contributed by atoms with Gasteiger partial charge in [-0.3, -0.25) is 9.59 Å². The Morgan fingerprint density at radius 2 is 1.93 bits per heavy atom. The lowest BCUT2D eigenvalue weighted by Crippen LogP contribution is -2.45. The molecule has 10 heteroatoms. The van der Waals surface area contributed by atoms with Crippen molar-refractivity contribution in [1.82, 2.24) is 20.4 Å². The monoisotopic (exact) mass is 437 g/mol. The Morgan fingerprint density at radius 1 is 1.21 bits per heavy atom. The molecule has 1 aliphatic carbocycles. The highest BCUT2D eigenvalue weighted by atomic mass is 32.2. The summed E-state index contributed by atoms with van der Waals surface area (Å²) in [6, 6.07) is 0. The zero-order valence-corrected chi connectivity index (χ0v) is 18.7. The topological polar surface area (TPSA) is 110 Å². The van der Waals surface area contributed by atoms with Gasteiger partial charge in [0, 0.05) is 19.8 Å². The molecular weight excluding hydrogens is 410 g/mol. The third kappa shape index (κ3) is 5.57. The number of carbonyl (C=O) groups is 2. The number of rotatable bonds is 7. The molecule has 3 rings (SSSR count). The van der Waals surface area contributed by atoms with E-state index in [4.69, 9.17) is 4.52 Å². The fraction of sp³-hybridized carbons (Fsp3) is 0.632. The molecule has 2 aromatic rings. The molecule has 2 N–H and O–H groups in total.